The highest BCUT2D eigenvalue weighted by molar-refractivity contribution is 7.92. The Hall–Kier alpha value is -2.54. The lowest BCUT2D eigenvalue weighted by Crippen LogP contribution is -2.30. The van der Waals surface area contributed by atoms with Gasteiger partial charge in [0.05, 0.1) is 16.1 Å². The molecule has 0 aliphatic heterocycles. The molecule has 0 atom stereocenters. The summed E-state index contributed by atoms with van der Waals surface area (Å²) in [5.41, 5.74) is 2.27. The molecule has 0 aliphatic carbocycles. The van der Waals surface area contributed by atoms with Gasteiger partial charge in [-0.05, 0) is 49.7 Å². The Balaban J connectivity index is 2.11. The van der Waals surface area contributed by atoms with Gasteiger partial charge in [-0.25, -0.2) is 13.2 Å². The van der Waals surface area contributed by atoms with Crippen LogP contribution in [-0.4, -0.2) is 19.9 Å². The molecule has 0 saturated carbocycles. The van der Waals surface area contributed by atoms with E-state index >= 15 is 0 Å². The largest absolute Gasteiger partial charge is 0.417 e. The second-order valence-corrected chi connectivity index (χ2v) is 7.04. The summed E-state index contributed by atoms with van der Waals surface area (Å²) >= 11 is 0. The maximum atomic E-state index is 12.9. The van der Waals surface area contributed by atoms with Gasteiger partial charge in [-0.1, -0.05) is 12.1 Å². The van der Waals surface area contributed by atoms with Crippen LogP contribution in [0.1, 0.15) is 12.5 Å². The predicted octanol–water partition coefficient (Wildman–Crippen LogP) is 2.64. The fourth-order valence-corrected chi connectivity index (χ4v) is 3.99. The Kier molecular flexibility index (Phi) is 3.73. The van der Waals surface area contributed by atoms with Gasteiger partial charge in [0.2, 0.25) is 0 Å². The number of sulfonamides is 1. The van der Waals surface area contributed by atoms with Crippen molar-refractivity contribution < 1.29 is 12.8 Å². The van der Waals surface area contributed by atoms with Gasteiger partial charge >= 0.3 is 5.76 Å². The zero-order valence-corrected chi connectivity index (χ0v) is 13.6. The number of benzene rings is 2. The second-order valence-electron chi connectivity index (χ2n) is 5.18. The molecule has 3 rings (SSSR count). The maximum Gasteiger partial charge on any atom is 0.417 e. The Morgan fingerprint density at radius 3 is 2.65 bits per heavy atom. The first-order valence-corrected chi connectivity index (χ1v) is 8.58. The minimum absolute atomic E-state index is 0.102. The summed E-state index contributed by atoms with van der Waals surface area (Å²) in [5, 5.41) is 0. The first-order valence-electron chi connectivity index (χ1n) is 7.14. The molecule has 0 fully saturated rings. The molecule has 120 valence electrons. The smallest absolute Gasteiger partial charge is 0.408 e. The molecule has 0 amide bonds. The number of oxazole rings is 1. The van der Waals surface area contributed by atoms with Gasteiger partial charge in [-0.3, -0.25) is 9.29 Å². The monoisotopic (exact) mass is 332 g/mol. The highest BCUT2D eigenvalue weighted by Gasteiger charge is 2.24. The molecule has 2 aromatic carbocycles. The molecular weight excluding hydrogens is 316 g/mol. The molecular formula is C16H16N2O4S. The predicted molar refractivity (Wildman–Crippen MR) is 88.2 cm³/mol. The Morgan fingerprint density at radius 2 is 1.96 bits per heavy atom. The molecule has 7 heteroatoms. The van der Waals surface area contributed by atoms with Crippen LogP contribution in [0.3, 0.4) is 0 Å². The van der Waals surface area contributed by atoms with Gasteiger partial charge in [0, 0.05) is 6.54 Å². The summed E-state index contributed by atoms with van der Waals surface area (Å²) in [4.78, 5) is 13.8. The highest BCUT2D eigenvalue weighted by Crippen LogP contribution is 2.25. The van der Waals surface area contributed by atoms with Crippen LogP contribution in [0.2, 0.25) is 0 Å². The van der Waals surface area contributed by atoms with Crippen LogP contribution in [0.4, 0.5) is 5.69 Å². The quantitative estimate of drug-likeness (QED) is 0.796. The van der Waals surface area contributed by atoms with E-state index in [9.17, 15) is 13.2 Å². The molecule has 1 aromatic heterocycles. The Morgan fingerprint density at radius 1 is 1.17 bits per heavy atom. The average molecular weight is 332 g/mol. The SMILES string of the molecule is CCN(c1cccc(C)c1)S(=O)(=O)c1ccc2oc(=O)[nH]c2c1. The van der Waals surface area contributed by atoms with E-state index in [1.54, 1.807) is 13.0 Å². The zero-order valence-electron chi connectivity index (χ0n) is 12.7. The normalized spacial score (nSPS) is 11.7. The van der Waals surface area contributed by atoms with E-state index in [0.717, 1.165) is 5.56 Å². The van der Waals surface area contributed by atoms with Crippen LogP contribution >= 0.6 is 0 Å². The second kappa shape index (κ2) is 5.58. The summed E-state index contributed by atoms with van der Waals surface area (Å²) in [6.07, 6.45) is 0. The standard InChI is InChI=1S/C16H16N2O4S/c1-3-18(12-6-4-5-11(2)9-12)23(20,21)13-7-8-15-14(10-13)17-16(19)22-15/h4-10H,3H2,1-2H3,(H,17,19). The van der Waals surface area contributed by atoms with Crippen molar-refractivity contribution in [2.45, 2.75) is 18.7 Å². The average Bonchev–Trinajstić information content (AvgIpc) is 2.86. The van der Waals surface area contributed by atoms with Crippen LogP contribution in [0.25, 0.3) is 11.1 Å². The molecule has 0 spiro atoms. The third-order valence-electron chi connectivity index (χ3n) is 3.56. The van der Waals surface area contributed by atoms with E-state index in [-0.39, 0.29) is 4.90 Å². The van der Waals surface area contributed by atoms with Gasteiger partial charge in [0.25, 0.3) is 10.0 Å². The van der Waals surface area contributed by atoms with E-state index in [0.29, 0.717) is 23.3 Å². The van der Waals surface area contributed by atoms with Crippen molar-refractivity contribution in [3.63, 3.8) is 0 Å². The summed E-state index contributed by atoms with van der Waals surface area (Å²) in [6.45, 7) is 3.98. The minimum Gasteiger partial charge on any atom is -0.408 e. The molecule has 23 heavy (non-hydrogen) atoms. The number of anilines is 1. The number of aryl methyl sites for hydroxylation is 1. The highest BCUT2D eigenvalue weighted by atomic mass is 32.2. The Bertz CT molecular complexity index is 1020. The van der Waals surface area contributed by atoms with E-state index in [2.05, 4.69) is 4.98 Å². The molecule has 0 unspecified atom stereocenters. The van der Waals surface area contributed by atoms with Crippen LogP contribution in [0, 0.1) is 6.92 Å². The minimum atomic E-state index is -3.73. The number of rotatable bonds is 4. The lowest BCUT2D eigenvalue weighted by Gasteiger charge is -2.23. The van der Waals surface area contributed by atoms with Crippen molar-refractivity contribution in [1.82, 2.24) is 4.98 Å². The zero-order chi connectivity index (χ0) is 16.6. The van der Waals surface area contributed by atoms with Crippen molar-refractivity contribution >= 4 is 26.8 Å². The summed E-state index contributed by atoms with van der Waals surface area (Å²) in [6, 6.07) is 11.6. The molecule has 0 bridgehead atoms. The fraction of sp³-hybridized carbons (Fsp3) is 0.188. The number of fused-ring (bicyclic) bond motifs is 1. The molecule has 0 radical (unpaired) electrons. The first kappa shape index (κ1) is 15.4. The summed E-state index contributed by atoms with van der Waals surface area (Å²) < 4.78 is 32.1. The topological polar surface area (TPSA) is 83.4 Å². The van der Waals surface area contributed by atoms with Crippen molar-refractivity contribution in [1.29, 1.82) is 0 Å². The van der Waals surface area contributed by atoms with Gasteiger partial charge in [-0.15, -0.1) is 0 Å². The van der Waals surface area contributed by atoms with Crippen molar-refractivity contribution in [2.24, 2.45) is 0 Å². The molecule has 1 heterocycles. The lowest BCUT2D eigenvalue weighted by molar-refractivity contribution is 0.555. The number of nitrogens with zero attached hydrogens (tertiary/aromatic N) is 1. The fourth-order valence-electron chi connectivity index (χ4n) is 2.49. The van der Waals surface area contributed by atoms with E-state index in [4.69, 9.17) is 4.42 Å². The molecule has 0 aliphatic rings. The van der Waals surface area contributed by atoms with E-state index in [1.165, 1.54) is 22.5 Å². The van der Waals surface area contributed by atoms with Crippen molar-refractivity contribution in [3.05, 3.63) is 58.6 Å². The van der Waals surface area contributed by atoms with Gasteiger partial charge in [0.1, 0.15) is 0 Å². The van der Waals surface area contributed by atoms with Crippen LogP contribution < -0.4 is 10.1 Å². The third-order valence-corrected chi connectivity index (χ3v) is 5.45. The lowest BCUT2D eigenvalue weighted by atomic mass is 10.2. The van der Waals surface area contributed by atoms with Crippen molar-refractivity contribution in [2.75, 3.05) is 10.8 Å². The van der Waals surface area contributed by atoms with Gasteiger partial charge in [-0.2, -0.15) is 0 Å². The Labute approximate surface area is 133 Å². The molecule has 0 saturated heterocycles. The molecule has 1 N–H and O–H groups in total. The summed E-state index contributed by atoms with van der Waals surface area (Å²) in [5.74, 6) is -0.611. The maximum absolute atomic E-state index is 12.9. The van der Waals surface area contributed by atoms with E-state index < -0.39 is 15.8 Å². The van der Waals surface area contributed by atoms with Crippen LogP contribution in [-0.2, 0) is 10.0 Å². The van der Waals surface area contributed by atoms with Crippen LogP contribution in [0.5, 0.6) is 0 Å². The van der Waals surface area contributed by atoms with Gasteiger partial charge < -0.3 is 4.42 Å². The van der Waals surface area contributed by atoms with Crippen LogP contribution in [0.15, 0.2) is 56.6 Å². The summed E-state index contributed by atoms with van der Waals surface area (Å²) in [7, 11) is -3.73. The number of hydrogen-bond acceptors (Lipinski definition) is 4. The molecule has 3 aromatic rings. The van der Waals surface area contributed by atoms with Gasteiger partial charge in [0.15, 0.2) is 5.58 Å². The van der Waals surface area contributed by atoms with E-state index in [1.807, 2.05) is 25.1 Å². The number of aromatic nitrogens is 1. The number of nitrogens with one attached hydrogen (secondary N) is 1. The third kappa shape index (κ3) is 2.75. The molecule has 6 nitrogen and oxygen atoms in total. The number of aromatic amines is 1. The van der Waals surface area contributed by atoms with Crippen molar-refractivity contribution in [3.8, 4) is 0 Å². The number of H-pyrrole nitrogens is 1. The first-order chi connectivity index (χ1) is 10.9. The number of hydrogen-bond donors (Lipinski definition) is 1.